The molecule has 0 spiro atoms. The van der Waals surface area contributed by atoms with Crippen LogP contribution < -0.4 is 5.32 Å². The first kappa shape index (κ1) is 12.0. The van der Waals surface area contributed by atoms with E-state index in [1.165, 1.54) is 11.1 Å². The summed E-state index contributed by atoms with van der Waals surface area (Å²) >= 11 is 7.79. The molecule has 0 saturated heterocycles. The van der Waals surface area contributed by atoms with Crippen LogP contribution in [0.4, 0.5) is 5.82 Å². The van der Waals surface area contributed by atoms with Crippen LogP contribution in [0, 0.1) is 0 Å². The number of rotatable bonds is 2. The second kappa shape index (κ2) is 4.65. The first-order valence-electron chi connectivity index (χ1n) is 6.47. The van der Waals surface area contributed by atoms with E-state index in [4.69, 9.17) is 16.7 Å². The van der Waals surface area contributed by atoms with Gasteiger partial charge < -0.3 is 5.32 Å². The third kappa shape index (κ3) is 1.84. The molecule has 0 bridgehead atoms. The lowest BCUT2D eigenvalue weighted by atomic mass is 10.1. The van der Waals surface area contributed by atoms with Crippen LogP contribution in [0.3, 0.4) is 0 Å². The Balaban J connectivity index is 1.92. The van der Waals surface area contributed by atoms with Gasteiger partial charge in [-0.1, -0.05) is 17.7 Å². The van der Waals surface area contributed by atoms with Gasteiger partial charge in [-0.2, -0.15) is 16.4 Å². The average Bonchev–Trinajstić information content (AvgIpc) is 3.15. The summed E-state index contributed by atoms with van der Waals surface area (Å²) in [7, 11) is 0. The molecule has 1 aromatic carbocycles. The number of anilines is 1. The van der Waals surface area contributed by atoms with Crippen molar-refractivity contribution in [2.24, 2.45) is 0 Å². The molecule has 5 heteroatoms. The number of aromatic nitrogens is 2. The molecule has 3 aromatic rings. The number of thiophene rings is 1. The number of nitrogens with zero attached hydrogens (tertiary/aromatic N) is 2. The largest absolute Gasteiger partial charge is 0.369 e. The fourth-order valence-corrected chi connectivity index (χ4v) is 3.43. The quantitative estimate of drug-likeness (QED) is 0.768. The van der Waals surface area contributed by atoms with Crippen LogP contribution in [0.2, 0.25) is 5.02 Å². The molecule has 0 fully saturated rings. The number of fused-ring (bicyclic) bond motifs is 1. The van der Waals surface area contributed by atoms with E-state index in [-0.39, 0.29) is 0 Å². The molecule has 1 N–H and O–H groups in total. The van der Waals surface area contributed by atoms with Gasteiger partial charge in [-0.05, 0) is 36.1 Å². The molecular weight excluding hydrogens is 290 g/mol. The summed E-state index contributed by atoms with van der Waals surface area (Å²) in [6, 6.07) is 9.91. The fraction of sp³-hybridized carbons (Fsp3) is 0.133. The molecule has 1 aliphatic heterocycles. The zero-order chi connectivity index (χ0) is 13.5. The van der Waals surface area contributed by atoms with E-state index in [1.807, 2.05) is 28.9 Å². The Morgan fingerprint density at radius 1 is 1.30 bits per heavy atom. The minimum absolute atomic E-state index is 0.724. The lowest BCUT2D eigenvalue weighted by Crippen LogP contribution is -2.04. The SMILES string of the molecule is Clc1cccc(-n2nc(-c3ccsc3)c3c2NCC3)c1. The Labute approximate surface area is 125 Å². The average molecular weight is 302 g/mol. The summed E-state index contributed by atoms with van der Waals surface area (Å²) in [5.41, 5.74) is 4.55. The van der Waals surface area contributed by atoms with E-state index in [2.05, 4.69) is 22.1 Å². The fourth-order valence-electron chi connectivity index (χ4n) is 2.60. The lowest BCUT2D eigenvalue weighted by Gasteiger charge is -2.06. The molecular formula is C15H12ClN3S. The zero-order valence-corrected chi connectivity index (χ0v) is 12.2. The van der Waals surface area contributed by atoms with E-state index >= 15 is 0 Å². The summed E-state index contributed by atoms with van der Waals surface area (Å²) in [4.78, 5) is 0. The molecule has 1 aliphatic rings. The minimum Gasteiger partial charge on any atom is -0.369 e. The summed E-state index contributed by atoms with van der Waals surface area (Å²) in [6.07, 6.45) is 1.01. The molecule has 0 unspecified atom stereocenters. The summed E-state index contributed by atoms with van der Waals surface area (Å²) < 4.78 is 1.96. The van der Waals surface area contributed by atoms with Gasteiger partial charge in [0.2, 0.25) is 0 Å². The van der Waals surface area contributed by atoms with Crippen molar-refractivity contribution in [1.29, 1.82) is 0 Å². The molecule has 0 atom stereocenters. The van der Waals surface area contributed by atoms with Gasteiger partial charge in [-0.25, -0.2) is 4.68 Å². The molecule has 0 amide bonds. The smallest absolute Gasteiger partial charge is 0.133 e. The van der Waals surface area contributed by atoms with Crippen molar-refractivity contribution < 1.29 is 0 Å². The van der Waals surface area contributed by atoms with Gasteiger partial charge in [0.05, 0.1) is 11.4 Å². The van der Waals surface area contributed by atoms with Crippen LogP contribution in [-0.4, -0.2) is 16.3 Å². The monoisotopic (exact) mass is 301 g/mol. The van der Waals surface area contributed by atoms with Crippen LogP contribution >= 0.6 is 22.9 Å². The third-order valence-corrected chi connectivity index (χ3v) is 4.42. The highest BCUT2D eigenvalue weighted by molar-refractivity contribution is 7.08. The molecule has 0 radical (unpaired) electrons. The van der Waals surface area contributed by atoms with Crippen molar-refractivity contribution in [3.05, 3.63) is 51.7 Å². The maximum atomic E-state index is 6.09. The van der Waals surface area contributed by atoms with Crippen LogP contribution in [-0.2, 0) is 6.42 Å². The zero-order valence-electron chi connectivity index (χ0n) is 10.6. The van der Waals surface area contributed by atoms with Gasteiger partial charge in [0, 0.05) is 28.1 Å². The van der Waals surface area contributed by atoms with Crippen LogP contribution in [0.1, 0.15) is 5.56 Å². The van der Waals surface area contributed by atoms with Crippen molar-refractivity contribution in [3.63, 3.8) is 0 Å². The molecule has 2 aromatic heterocycles. The second-order valence-corrected chi connectivity index (χ2v) is 5.97. The Kier molecular flexibility index (Phi) is 2.79. The number of benzene rings is 1. The van der Waals surface area contributed by atoms with E-state index in [0.29, 0.717) is 0 Å². The Hall–Kier alpha value is -1.78. The topological polar surface area (TPSA) is 29.9 Å². The van der Waals surface area contributed by atoms with E-state index in [1.54, 1.807) is 11.3 Å². The number of nitrogens with one attached hydrogen (secondary N) is 1. The molecule has 0 aliphatic carbocycles. The van der Waals surface area contributed by atoms with Gasteiger partial charge in [0.1, 0.15) is 5.82 Å². The molecule has 20 heavy (non-hydrogen) atoms. The van der Waals surface area contributed by atoms with Gasteiger partial charge in [-0.3, -0.25) is 0 Å². The highest BCUT2D eigenvalue weighted by Gasteiger charge is 2.23. The Bertz CT molecular complexity index is 762. The van der Waals surface area contributed by atoms with Crippen molar-refractivity contribution in [3.8, 4) is 16.9 Å². The minimum atomic E-state index is 0.724. The second-order valence-electron chi connectivity index (χ2n) is 4.76. The van der Waals surface area contributed by atoms with Gasteiger partial charge in [0.15, 0.2) is 0 Å². The Morgan fingerprint density at radius 3 is 3.05 bits per heavy atom. The maximum absolute atomic E-state index is 6.09. The van der Waals surface area contributed by atoms with Gasteiger partial charge >= 0.3 is 0 Å². The van der Waals surface area contributed by atoms with Crippen molar-refractivity contribution in [2.75, 3.05) is 11.9 Å². The molecule has 100 valence electrons. The van der Waals surface area contributed by atoms with Crippen LogP contribution in [0.15, 0.2) is 41.1 Å². The first-order chi connectivity index (χ1) is 9.83. The van der Waals surface area contributed by atoms with Gasteiger partial charge in [-0.15, -0.1) is 0 Å². The number of hydrogen-bond donors (Lipinski definition) is 1. The first-order valence-corrected chi connectivity index (χ1v) is 7.79. The maximum Gasteiger partial charge on any atom is 0.133 e. The highest BCUT2D eigenvalue weighted by Crippen LogP contribution is 2.35. The van der Waals surface area contributed by atoms with Crippen LogP contribution in [0.5, 0.6) is 0 Å². The normalized spacial score (nSPS) is 13.2. The Morgan fingerprint density at radius 2 is 2.25 bits per heavy atom. The standard InChI is InChI=1S/C15H12ClN3S/c16-11-2-1-3-12(8-11)19-15-13(4-6-17-15)14(18-19)10-5-7-20-9-10/h1-3,5,7-9,17H,4,6H2. The lowest BCUT2D eigenvalue weighted by molar-refractivity contribution is 0.883. The number of halogens is 1. The van der Waals surface area contributed by atoms with E-state index in [0.717, 1.165) is 35.2 Å². The predicted molar refractivity (Wildman–Crippen MR) is 84.1 cm³/mol. The van der Waals surface area contributed by atoms with Crippen molar-refractivity contribution in [1.82, 2.24) is 9.78 Å². The summed E-state index contributed by atoms with van der Waals surface area (Å²) in [5.74, 6) is 1.09. The van der Waals surface area contributed by atoms with E-state index in [9.17, 15) is 0 Å². The molecule has 3 nitrogen and oxygen atoms in total. The molecule has 3 heterocycles. The van der Waals surface area contributed by atoms with E-state index < -0.39 is 0 Å². The highest BCUT2D eigenvalue weighted by atomic mass is 35.5. The summed E-state index contributed by atoms with van der Waals surface area (Å²) in [6.45, 7) is 0.963. The number of hydrogen-bond acceptors (Lipinski definition) is 3. The van der Waals surface area contributed by atoms with Crippen molar-refractivity contribution in [2.45, 2.75) is 6.42 Å². The molecule has 0 saturated carbocycles. The van der Waals surface area contributed by atoms with Gasteiger partial charge in [0.25, 0.3) is 0 Å². The summed E-state index contributed by atoms with van der Waals surface area (Å²) in [5, 5.41) is 13.2. The van der Waals surface area contributed by atoms with Crippen molar-refractivity contribution >= 4 is 28.8 Å². The van der Waals surface area contributed by atoms with Crippen LogP contribution in [0.25, 0.3) is 16.9 Å². The molecule has 4 rings (SSSR count). The predicted octanol–water partition coefficient (Wildman–Crippen LogP) is 4.22. The third-order valence-electron chi connectivity index (χ3n) is 3.50.